The van der Waals surface area contributed by atoms with Gasteiger partial charge in [-0.25, -0.2) is 0 Å². The Labute approximate surface area is 172 Å². The van der Waals surface area contributed by atoms with E-state index in [0.29, 0.717) is 16.4 Å². The molecule has 6 rings (SSSR count). The second-order valence-electron chi connectivity index (χ2n) is 9.75. The van der Waals surface area contributed by atoms with Crippen LogP contribution < -0.4 is 5.32 Å². The SMILES string of the molecule is O=C(NC1CCN(C(=O)C23CC4CC(CC(C4)C2)C3)CC1)c1ccccc1S. The summed E-state index contributed by atoms with van der Waals surface area (Å²) in [5.41, 5.74) is 0.577. The summed E-state index contributed by atoms with van der Waals surface area (Å²) in [7, 11) is 0. The molecule has 5 fully saturated rings. The Hall–Kier alpha value is -1.49. The summed E-state index contributed by atoms with van der Waals surface area (Å²) in [5, 5.41) is 3.15. The average Bonchev–Trinajstić information content (AvgIpc) is 2.67. The van der Waals surface area contributed by atoms with E-state index < -0.39 is 0 Å². The normalized spacial score (nSPS) is 34.5. The minimum absolute atomic E-state index is 0.0458. The van der Waals surface area contributed by atoms with Crippen LogP contribution in [0.4, 0.5) is 0 Å². The van der Waals surface area contributed by atoms with Crippen molar-refractivity contribution in [3.8, 4) is 0 Å². The molecule has 28 heavy (non-hydrogen) atoms. The van der Waals surface area contributed by atoms with Gasteiger partial charge in [0.25, 0.3) is 5.91 Å². The van der Waals surface area contributed by atoms with E-state index in [1.54, 1.807) is 0 Å². The summed E-state index contributed by atoms with van der Waals surface area (Å²) in [6.45, 7) is 1.54. The number of nitrogens with zero attached hydrogens (tertiary/aromatic N) is 1. The molecule has 1 aromatic carbocycles. The van der Waals surface area contributed by atoms with E-state index >= 15 is 0 Å². The van der Waals surface area contributed by atoms with Gasteiger partial charge in [0.1, 0.15) is 0 Å². The molecule has 0 spiro atoms. The van der Waals surface area contributed by atoms with Gasteiger partial charge in [0.15, 0.2) is 0 Å². The van der Waals surface area contributed by atoms with E-state index in [4.69, 9.17) is 0 Å². The number of carbonyl (C=O) groups excluding carboxylic acids is 2. The van der Waals surface area contributed by atoms with Crippen LogP contribution in [0.2, 0.25) is 0 Å². The molecule has 1 aromatic rings. The lowest BCUT2D eigenvalue weighted by atomic mass is 9.49. The van der Waals surface area contributed by atoms with E-state index in [1.165, 1.54) is 19.3 Å². The van der Waals surface area contributed by atoms with Crippen molar-refractivity contribution in [2.75, 3.05) is 13.1 Å². The predicted molar refractivity (Wildman–Crippen MR) is 111 cm³/mol. The lowest BCUT2D eigenvalue weighted by Gasteiger charge is -2.57. The highest BCUT2D eigenvalue weighted by Crippen LogP contribution is 2.60. The van der Waals surface area contributed by atoms with Crippen LogP contribution >= 0.6 is 12.6 Å². The van der Waals surface area contributed by atoms with E-state index in [9.17, 15) is 9.59 Å². The maximum Gasteiger partial charge on any atom is 0.252 e. The molecule has 2 amide bonds. The zero-order chi connectivity index (χ0) is 19.3. The number of benzene rings is 1. The van der Waals surface area contributed by atoms with Crippen molar-refractivity contribution >= 4 is 24.4 Å². The first kappa shape index (κ1) is 18.5. The van der Waals surface area contributed by atoms with Gasteiger partial charge in [-0.3, -0.25) is 9.59 Å². The number of carbonyl (C=O) groups is 2. The van der Waals surface area contributed by atoms with Gasteiger partial charge < -0.3 is 10.2 Å². The maximum absolute atomic E-state index is 13.5. The molecule has 150 valence electrons. The molecule has 4 nitrogen and oxygen atoms in total. The summed E-state index contributed by atoms with van der Waals surface area (Å²) in [6.07, 6.45) is 9.19. The molecule has 5 heteroatoms. The Morgan fingerprint density at radius 2 is 1.54 bits per heavy atom. The van der Waals surface area contributed by atoms with E-state index in [2.05, 4.69) is 22.8 Å². The Morgan fingerprint density at radius 1 is 0.964 bits per heavy atom. The molecule has 4 saturated carbocycles. The topological polar surface area (TPSA) is 49.4 Å². The summed E-state index contributed by atoms with van der Waals surface area (Å²) in [6, 6.07) is 7.53. The second kappa shape index (κ2) is 7.08. The van der Waals surface area contributed by atoms with Crippen LogP contribution in [0.15, 0.2) is 29.2 Å². The van der Waals surface area contributed by atoms with Crippen LogP contribution in [-0.4, -0.2) is 35.8 Å². The maximum atomic E-state index is 13.5. The average molecular weight is 399 g/mol. The van der Waals surface area contributed by atoms with Gasteiger partial charge in [-0.15, -0.1) is 12.6 Å². The number of piperidine rings is 1. The summed E-state index contributed by atoms with van der Waals surface area (Å²) in [4.78, 5) is 28.8. The molecule has 5 aliphatic rings. The highest BCUT2D eigenvalue weighted by Gasteiger charge is 2.55. The highest BCUT2D eigenvalue weighted by atomic mass is 32.1. The number of likely N-dealkylation sites (tertiary alicyclic amines) is 1. The molecule has 4 aliphatic carbocycles. The van der Waals surface area contributed by atoms with Gasteiger partial charge in [-0.1, -0.05) is 12.1 Å². The fourth-order valence-electron chi connectivity index (χ4n) is 6.86. The smallest absolute Gasteiger partial charge is 0.252 e. The Kier molecular flexibility index (Phi) is 4.69. The molecule has 0 atom stereocenters. The number of nitrogens with one attached hydrogen (secondary N) is 1. The van der Waals surface area contributed by atoms with Crippen molar-refractivity contribution < 1.29 is 9.59 Å². The molecule has 1 saturated heterocycles. The van der Waals surface area contributed by atoms with Crippen molar-refractivity contribution in [1.82, 2.24) is 10.2 Å². The Balaban J connectivity index is 1.19. The first-order valence-electron chi connectivity index (χ1n) is 10.9. The molecule has 0 aromatic heterocycles. The van der Waals surface area contributed by atoms with Gasteiger partial charge in [-0.2, -0.15) is 0 Å². The van der Waals surface area contributed by atoms with E-state index in [1.807, 2.05) is 24.3 Å². The molecule has 1 heterocycles. The van der Waals surface area contributed by atoms with Crippen LogP contribution in [0, 0.1) is 23.2 Å². The molecular formula is C23H30N2O2S. The van der Waals surface area contributed by atoms with Gasteiger partial charge in [-0.05, 0) is 81.3 Å². The second-order valence-corrected chi connectivity index (χ2v) is 10.2. The van der Waals surface area contributed by atoms with Crippen molar-refractivity contribution in [2.45, 2.75) is 62.3 Å². The van der Waals surface area contributed by atoms with Crippen LogP contribution in [0.1, 0.15) is 61.7 Å². The zero-order valence-electron chi connectivity index (χ0n) is 16.4. The number of thiol groups is 1. The van der Waals surface area contributed by atoms with Gasteiger partial charge in [0.2, 0.25) is 5.91 Å². The van der Waals surface area contributed by atoms with Crippen molar-refractivity contribution in [1.29, 1.82) is 0 Å². The molecule has 4 bridgehead atoms. The van der Waals surface area contributed by atoms with E-state index in [-0.39, 0.29) is 17.4 Å². The Morgan fingerprint density at radius 3 is 2.11 bits per heavy atom. The van der Waals surface area contributed by atoms with Crippen LogP contribution in [-0.2, 0) is 4.79 Å². The molecule has 0 unspecified atom stereocenters. The van der Waals surface area contributed by atoms with E-state index in [0.717, 1.165) is 62.9 Å². The third-order valence-electron chi connectivity index (χ3n) is 7.76. The minimum Gasteiger partial charge on any atom is -0.349 e. The van der Waals surface area contributed by atoms with Crippen LogP contribution in [0.5, 0.6) is 0 Å². The predicted octanol–water partition coefficient (Wildman–Crippen LogP) is 3.91. The Bertz CT molecular complexity index is 749. The van der Waals surface area contributed by atoms with Gasteiger partial charge in [0, 0.05) is 24.0 Å². The monoisotopic (exact) mass is 398 g/mol. The van der Waals surface area contributed by atoms with Crippen molar-refractivity contribution in [2.24, 2.45) is 23.2 Å². The van der Waals surface area contributed by atoms with Crippen molar-refractivity contribution in [3.05, 3.63) is 29.8 Å². The number of hydrogen-bond acceptors (Lipinski definition) is 3. The lowest BCUT2D eigenvalue weighted by molar-refractivity contribution is -0.158. The third-order valence-corrected chi connectivity index (χ3v) is 8.15. The quantitative estimate of drug-likeness (QED) is 0.759. The van der Waals surface area contributed by atoms with Crippen LogP contribution in [0.25, 0.3) is 0 Å². The number of amides is 2. The van der Waals surface area contributed by atoms with Gasteiger partial charge in [0.05, 0.1) is 11.0 Å². The number of hydrogen-bond donors (Lipinski definition) is 2. The summed E-state index contributed by atoms with van der Waals surface area (Å²) in [5.74, 6) is 2.77. The fourth-order valence-corrected chi connectivity index (χ4v) is 7.13. The highest BCUT2D eigenvalue weighted by molar-refractivity contribution is 7.80. The lowest BCUT2D eigenvalue weighted by Crippen LogP contribution is -2.56. The molecule has 0 radical (unpaired) electrons. The zero-order valence-corrected chi connectivity index (χ0v) is 17.3. The standard InChI is InChI=1S/C23H30N2O2S/c26-21(19-3-1-2-4-20(19)28)24-18-5-7-25(8-6-18)22(27)23-12-15-9-16(13-23)11-17(10-15)14-23/h1-4,15-18,28H,5-14H2,(H,24,26). The first-order chi connectivity index (χ1) is 13.5. The summed E-state index contributed by atoms with van der Waals surface area (Å²) >= 11 is 4.38. The number of rotatable bonds is 3. The summed E-state index contributed by atoms with van der Waals surface area (Å²) < 4.78 is 0. The molecule has 1 N–H and O–H groups in total. The first-order valence-corrected chi connectivity index (χ1v) is 11.4. The fraction of sp³-hybridized carbons (Fsp3) is 0.652. The largest absolute Gasteiger partial charge is 0.349 e. The van der Waals surface area contributed by atoms with Crippen molar-refractivity contribution in [3.63, 3.8) is 0 Å². The van der Waals surface area contributed by atoms with Gasteiger partial charge >= 0.3 is 0 Å². The molecule has 1 aliphatic heterocycles. The minimum atomic E-state index is -0.0588. The molecular weight excluding hydrogens is 368 g/mol. The third kappa shape index (κ3) is 3.26. The van der Waals surface area contributed by atoms with Crippen LogP contribution in [0.3, 0.4) is 0 Å².